The number of methoxy groups -OCH3 is 1. The maximum absolute atomic E-state index is 6.02. The molecule has 0 fully saturated rings. The summed E-state index contributed by atoms with van der Waals surface area (Å²) in [5, 5.41) is 0. The molecule has 17 heavy (non-hydrogen) atoms. The van der Waals surface area contributed by atoms with Gasteiger partial charge >= 0.3 is 0 Å². The average Bonchev–Trinajstić information content (AvgIpc) is 2.36. The van der Waals surface area contributed by atoms with E-state index in [4.69, 9.17) is 15.2 Å². The summed E-state index contributed by atoms with van der Waals surface area (Å²) in [5.74, 6) is 1.34. The van der Waals surface area contributed by atoms with Gasteiger partial charge in [-0.2, -0.15) is 0 Å². The maximum Gasteiger partial charge on any atom is 0.119 e. The third kappa shape index (κ3) is 4.75. The fraction of sp³-hybridized carbons (Fsp3) is 0.571. The van der Waals surface area contributed by atoms with Crippen molar-refractivity contribution in [3.63, 3.8) is 0 Å². The molecule has 1 aromatic rings. The first-order chi connectivity index (χ1) is 8.17. The molecular weight excluding hydrogens is 214 g/mol. The highest BCUT2D eigenvalue weighted by Crippen LogP contribution is 2.15. The molecule has 0 saturated carbocycles. The van der Waals surface area contributed by atoms with Gasteiger partial charge in [0, 0.05) is 13.2 Å². The van der Waals surface area contributed by atoms with Crippen molar-refractivity contribution in [1.82, 2.24) is 0 Å². The molecule has 0 aliphatic rings. The molecule has 1 aromatic carbocycles. The number of rotatable bonds is 7. The van der Waals surface area contributed by atoms with Crippen LogP contribution in [0.15, 0.2) is 24.3 Å². The van der Waals surface area contributed by atoms with E-state index in [9.17, 15) is 0 Å². The van der Waals surface area contributed by atoms with Crippen LogP contribution in [0.5, 0.6) is 5.75 Å². The Labute approximate surface area is 104 Å². The van der Waals surface area contributed by atoms with Gasteiger partial charge in [-0.3, -0.25) is 0 Å². The summed E-state index contributed by atoms with van der Waals surface area (Å²) in [4.78, 5) is 0. The van der Waals surface area contributed by atoms with Gasteiger partial charge in [0.1, 0.15) is 12.4 Å². The zero-order valence-electron chi connectivity index (χ0n) is 11.0. The minimum absolute atomic E-state index is 0.0890. The summed E-state index contributed by atoms with van der Waals surface area (Å²) < 4.78 is 10.8. The van der Waals surface area contributed by atoms with Crippen molar-refractivity contribution in [2.75, 3.05) is 13.7 Å². The monoisotopic (exact) mass is 237 g/mol. The molecular formula is C14H23NO2. The number of hydrogen-bond donors (Lipinski definition) is 1. The van der Waals surface area contributed by atoms with E-state index in [1.807, 2.05) is 24.3 Å². The van der Waals surface area contributed by atoms with E-state index < -0.39 is 0 Å². The van der Waals surface area contributed by atoms with Crippen LogP contribution in [0.3, 0.4) is 0 Å². The summed E-state index contributed by atoms with van der Waals surface area (Å²) in [7, 11) is 1.69. The lowest BCUT2D eigenvalue weighted by Crippen LogP contribution is -2.34. The molecule has 1 rings (SSSR count). The van der Waals surface area contributed by atoms with Crippen LogP contribution in [0.1, 0.15) is 25.8 Å². The Kier molecular flexibility index (Phi) is 6.01. The SMILES string of the molecule is CCC(C)C(N)COc1cccc(COC)c1. The highest BCUT2D eigenvalue weighted by Gasteiger charge is 2.11. The molecule has 0 spiro atoms. The quantitative estimate of drug-likeness (QED) is 0.792. The van der Waals surface area contributed by atoms with Gasteiger partial charge in [0.25, 0.3) is 0 Å². The first-order valence-corrected chi connectivity index (χ1v) is 6.13. The van der Waals surface area contributed by atoms with Crippen molar-refractivity contribution in [2.24, 2.45) is 11.7 Å². The van der Waals surface area contributed by atoms with Crippen molar-refractivity contribution >= 4 is 0 Å². The molecule has 0 heterocycles. The molecule has 96 valence electrons. The van der Waals surface area contributed by atoms with Crippen molar-refractivity contribution < 1.29 is 9.47 Å². The Morgan fingerprint density at radius 2 is 2.12 bits per heavy atom. The molecule has 0 saturated heterocycles. The second-order valence-electron chi connectivity index (χ2n) is 4.44. The van der Waals surface area contributed by atoms with E-state index in [1.54, 1.807) is 7.11 Å². The summed E-state index contributed by atoms with van der Waals surface area (Å²) in [5.41, 5.74) is 7.14. The van der Waals surface area contributed by atoms with Gasteiger partial charge in [-0.1, -0.05) is 32.4 Å². The van der Waals surface area contributed by atoms with E-state index in [2.05, 4.69) is 13.8 Å². The lowest BCUT2D eigenvalue weighted by Gasteiger charge is -2.18. The topological polar surface area (TPSA) is 44.5 Å². The largest absolute Gasteiger partial charge is 0.492 e. The van der Waals surface area contributed by atoms with Crippen molar-refractivity contribution in [3.8, 4) is 5.75 Å². The maximum atomic E-state index is 6.02. The third-order valence-electron chi connectivity index (χ3n) is 3.03. The molecule has 2 atom stereocenters. The van der Waals surface area contributed by atoms with Gasteiger partial charge in [-0.05, 0) is 23.6 Å². The summed E-state index contributed by atoms with van der Waals surface area (Å²) in [6.45, 7) is 5.46. The minimum atomic E-state index is 0.0890. The summed E-state index contributed by atoms with van der Waals surface area (Å²) in [6, 6.07) is 8.02. The standard InChI is InChI=1S/C14H23NO2/c1-4-11(2)14(15)10-17-13-7-5-6-12(8-13)9-16-3/h5-8,11,14H,4,9-10,15H2,1-3H3. The van der Waals surface area contributed by atoms with Crippen LogP contribution in [-0.2, 0) is 11.3 Å². The zero-order valence-corrected chi connectivity index (χ0v) is 11.0. The first-order valence-electron chi connectivity index (χ1n) is 6.13. The second kappa shape index (κ2) is 7.30. The van der Waals surface area contributed by atoms with Crippen LogP contribution >= 0.6 is 0 Å². The molecule has 0 aliphatic carbocycles. The smallest absolute Gasteiger partial charge is 0.119 e. The van der Waals surface area contributed by atoms with E-state index in [-0.39, 0.29) is 6.04 Å². The lowest BCUT2D eigenvalue weighted by molar-refractivity contribution is 0.184. The summed E-state index contributed by atoms with van der Waals surface area (Å²) in [6.07, 6.45) is 1.08. The average molecular weight is 237 g/mol. The molecule has 2 unspecified atom stereocenters. The lowest BCUT2D eigenvalue weighted by atomic mass is 10.0. The number of nitrogens with two attached hydrogens (primary N) is 1. The molecule has 0 bridgehead atoms. The van der Waals surface area contributed by atoms with Crippen LogP contribution in [0.4, 0.5) is 0 Å². The Hall–Kier alpha value is -1.06. The third-order valence-corrected chi connectivity index (χ3v) is 3.03. The Bertz CT molecular complexity index is 328. The van der Waals surface area contributed by atoms with Crippen molar-refractivity contribution in [2.45, 2.75) is 32.9 Å². The molecule has 3 heteroatoms. The van der Waals surface area contributed by atoms with Gasteiger partial charge in [-0.15, -0.1) is 0 Å². The van der Waals surface area contributed by atoms with Crippen LogP contribution in [0.2, 0.25) is 0 Å². The number of benzene rings is 1. The number of hydrogen-bond acceptors (Lipinski definition) is 3. The van der Waals surface area contributed by atoms with Crippen LogP contribution in [0.25, 0.3) is 0 Å². The van der Waals surface area contributed by atoms with Gasteiger partial charge < -0.3 is 15.2 Å². The normalized spacial score (nSPS) is 14.4. The minimum Gasteiger partial charge on any atom is -0.492 e. The van der Waals surface area contributed by atoms with E-state index in [0.29, 0.717) is 19.1 Å². The van der Waals surface area contributed by atoms with E-state index in [1.165, 1.54) is 0 Å². The predicted octanol–water partition coefficient (Wildman–Crippen LogP) is 2.59. The van der Waals surface area contributed by atoms with Gasteiger partial charge in [0.15, 0.2) is 0 Å². The van der Waals surface area contributed by atoms with Crippen LogP contribution in [-0.4, -0.2) is 19.8 Å². The fourth-order valence-corrected chi connectivity index (χ4v) is 1.55. The Balaban J connectivity index is 2.48. The Morgan fingerprint density at radius 3 is 2.76 bits per heavy atom. The molecule has 0 amide bonds. The highest BCUT2D eigenvalue weighted by atomic mass is 16.5. The van der Waals surface area contributed by atoms with Crippen LogP contribution < -0.4 is 10.5 Å². The van der Waals surface area contributed by atoms with Crippen molar-refractivity contribution in [1.29, 1.82) is 0 Å². The van der Waals surface area contributed by atoms with Gasteiger partial charge in [0.05, 0.1) is 6.61 Å². The van der Waals surface area contributed by atoms with Crippen molar-refractivity contribution in [3.05, 3.63) is 29.8 Å². The summed E-state index contributed by atoms with van der Waals surface area (Å²) >= 11 is 0. The van der Waals surface area contributed by atoms with E-state index in [0.717, 1.165) is 17.7 Å². The van der Waals surface area contributed by atoms with Gasteiger partial charge in [-0.25, -0.2) is 0 Å². The predicted molar refractivity (Wildman–Crippen MR) is 70.1 cm³/mol. The number of ether oxygens (including phenoxy) is 2. The van der Waals surface area contributed by atoms with Gasteiger partial charge in [0.2, 0.25) is 0 Å². The highest BCUT2D eigenvalue weighted by molar-refractivity contribution is 5.28. The van der Waals surface area contributed by atoms with Crippen LogP contribution in [0, 0.1) is 5.92 Å². The molecule has 0 radical (unpaired) electrons. The Morgan fingerprint density at radius 1 is 1.35 bits per heavy atom. The van der Waals surface area contributed by atoms with E-state index >= 15 is 0 Å². The molecule has 3 nitrogen and oxygen atoms in total. The second-order valence-corrected chi connectivity index (χ2v) is 4.44. The molecule has 0 aromatic heterocycles. The zero-order chi connectivity index (χ0) is 12.7. The molecule has 2 N–H and O–H groups in total. The first kappa shape index (κ1) is 14.0. The fourth-order valence-electron chi connectivity index (χ4n) is 1.55. The molecule has 0 aliphatic heterocycles.